The van der Waals surface area contributed by atoms with Crippen LogP contribution >= 0.6 is 0 Å². The molecule has 0 aliphatic rings. The van der Waals surface area contributed by atoms with Gasteiger partial charge in [-0.3, -0.25) is 9.59 Å². The predicted octanol–water partition coefficient (Wildman–Crippen LogP) is 11.4. The minimum absolute atomic E-state index is 0.127. The SMILES string of the molecule is CNC(=O)c1c(-c2ccc(F)cc2)oc2ccc(OCCCNC(=O)OC(C)(C)Cc3ccc(COc4cc(F)ccc4-c4ccc5oc(-c6ccc(F)cc6)c(C(=O)NC)c5c4)cc3)cc12. The molecule has 0 spiro atoms. The smallest absolute Gasteiger partial charge is 0.407 e. The fourth-order valence-electron chi connectivity index (χ4n) is 7.78. The molecule has 3 amide bonds. The van der Waals surface area contributed by atoms with Crippen molar-refractivity contribution in [2.45, 2.75) is 38.9 Å². The van der Waals surface area contributed by atoms with Crippen molar-refractivity contribution >= 4 is 39.8 Å². The van der Waals surface area contributed by atoms with Crippen LogP contribution in [0.15, 0.2) is 136 Å². The number of carbonyl (C=O) groups excluding carboxylic acids is 3. The fourth-order valence-corrected chi connectivity index (χ4v) is 7.78. The number of hydrogen-bond donors (Lipinski definition) is 3. The molecule has 0 fully saturated rings. The summed E-state index contributed by atoms with van der Waals surface area (Å²) in [6, 6.07) is 33.7. The Kier molecular flexibility index (Phi) is 13.3. The van der Waals surface area contributed by atoms with Gasteiger partial charge in [0, 0.05) is 60.6 Å². The Balaban J connectivity index is 0.841. The van der Waals surface area contributed by atoms with E-state index in [0.29, 0.717) is 85.6 Å². The van der Waals surface area contributed by atoms with Crippen molar-refractivity contribution in [2.75, 3.05) is 27.2 Å². The number of hydrogen-bond acceptors (Lipinski definition) is 8. The third kappa shape index (κ3) is 10.4. The van der Waals surface area contributed by atoms with Crippen molar-refractivity contribution in [1.82, 2.24) is 16.0 Å². The minimum Gasteiger partial charge on any atom is -0.494 e. The van der Waals surface area contributed by atoms with Gasteiger partial charge in [0.1, 0.15) is 63.8 Å². The molecular formula is C53H46F3N3O8. The third-order valence-corrected chi connectivity index (χ3v) is 11.0. The minimum atomic E-state index is -0.849. The van der Waals surface area contributed by atoms with E-state index in [1.165, 1.54) is 50.5 Å². The Morgan fingerprint density at radius 2 is 1.13 bits per heavy atom. The van der Waals surface area contributed by atoms with Gasteiger partial charge < -0.3 is 39.0 Å². The summed E-state index contributed by atoms with van der Waals surface area (Å²) in [5.74, 6) is -0.618. The highest BCUT2D eigenvalue weighted by molar-refractivity contribution is 6.12. The number of rotatable bonds is 16. The van der Waals surface area contributed by atoms with Crippen molar-refractivity contribution < 1.29 is 50.6 Å². The maximum absolute atomic E-state index is 14.6. The Hall–Kier alpha value is -8.00. The highest BCUT2D eigenvalue weighted by Gasteiger charge is 2.26. The van der Waals surface area contributed by atoms with E-state index < -0.39 is 29.1 Å². The average Bonchev–Trinajstić information content (AvgIpc) is 3.89. The van der Waals surface area contributed by atoms with Gasteiger partial charge in [-0.2, -0.15) is 0 Å². The molecule has 67 heavy (non-hydrogen) atoms. The van der Waals surface area contributed by atoms with Crippen LogP contribution in [0.5, 0.6) is 11.5 Å². The molecule has 0 bridgehead atoms. The topological polar surface area (TPSA) is 141 Å². The molecule has 2 aromatic heterocycles. The van der Waals surface area contributed by atoms with Crippen LogP contribution in [0.2, 0.25) is 0 Å². The number of nitrogens with one attached hydrogen (secondary N) is 3. The van der Waals surface area contributed by atoms with E-state index in [1.807, 2.05) is 38.1 Å². The van der Waals surface area contributed by atoms with Crippen LogP contribution in [0.25, 0.3) is 55.7 Å². The number of carbonyl (C=O) groups is 3. The van der Waals surface area contributed by atoms with Crippen LogP contribution < -0.4 is 25.4 Å². The summed E-state index contributed by atoms with van der Waals surface area (Å²) in [5, 5.41) is 9.14. The molecule has 0 aliphatic heterocycles. The molecule has 0 saturated carbocycles. The summed E-state index contributed by atoms with van der Waals surface area (Å²) < 4.78 is 71.9. The maximum Gasteiger partial charge on any atom is 0.407 e. The third-order valence-electron chi connectivity index (χ3n) is 11.0. The van der Waals surface area contributed by atoms with Crippen molar-refractivity contribution in [1.29, 1.82) is 0 Å². The molecule has 11 nitrogen and oxygen atoms in total. The number of benzene rings is 6. The van der Waals surface area contributed by atoms with E-state index in [-0.39, 0.29) is 37.1 Å². The number of alkyl carbamates (subject to hydrolysis) is 1. The van der Waals surface area contributed by atoms with Crippen LogP contribution in [-0.4, -0.2) is 50.8 Å². The van der Waals surface area contributed by atoms with Gasteiger partial charge in [0.2, 0.25) is 0 Å². The highest BCUT2D eigenvalue weighted by atomic mass is 19.1. The lowest BCUT2D eigenvalue weighted by molar-refractivity contribution is 0.0391. The fraction of sp³-hybridized carbons (Fsp3) is 0.189. The predicted molar refractivity (Wildman–Crippen MR) is 249 cm³/mol. The van der Waals surface area contributed by atoms with E-state index in [1.54, 1.807) is 66.7 Å². The summed E-state index contributed by atoms with van der Waals surface area (Å²) >= 11 is 0. The van der Waals surface area contributed by atoms with Crippen molar-refractivity contribution in [3.8, 4) is 45.3 Å². The number of halogens is 3. The molecule has 0 radical (unpaired) electrons. The molecule has 3 N–H and O–H groups in total. The quantitative estimate of drug-likeness (QED) is 0.0814. The summed E-state index contributed by atoms with van der Waals surface area (Å²) in [6.07, 6.45) is 0.322. The standard InChI is InChI=1S/C53H46F3N3O8/c1-53(2,67-52(62)59-24-5-25-63-39-20-23-44-42(28-39)47(51(61)58-4)49(66-44)34-12-17-37(55)18-13-34)29-31-6-8-32(9-7-31)30-64-45-27-38(56)19-21-40(45)35-14-22-43-41(26-35)46(50(60)57-3)48(65-43)33-10-15-36(54)16-11-33/h6-23,26-28H,5,24-25,29-30H2,1-4H3,(H,57,60)(H,58,61)(H,59,62). The second-order valence-corrected chi connectivity index (χ2v) is 16.4. The second-order valence-electron chi connectivity index (χ2n) is 16.4. The Morgan fingerprint density at radius 1 is 0.597 bits per heavy atom. The summed E-state index contributed by atoms with van der Waals surface area (Å²) in [7, 11) is 3.04. The van der Waals surface area contributed by atoms with Gasteiger partial charge in [0.15, 0.2) is 0 Å². The average molecular weight is 910 g/mol. The Morgan fingerprint density at radius 3 is 1.73 bits per heavy atom. The first-order valence-electron chi connectivity index (χ1n) is 21.5. The van der Waals surface area contributed by atoms with Gasteiger partial charge in [-0.05, 0) is 128 Å². The van der Waals surface area contributed by atoms with E-state index in [4.69, 9.17) is 23.0 Å². The molecule has 342 valence electrons. The number of fused-ring (bicyclic) bond motifs is 2. The second kappa shape index (κ2) is 19.6. The Bertz CT molecular complexity index is 3090. The van der Waals surface area contributed by atoms with E-state index >= 15 is 0 Å². The number of amides is 3. The van der Waals surface area contributed by atoms with Crippen LogP contribution in [0.1, 0.15) is 52.1 Å². The molecule has 6 aromatic carbocycles. The summed E-state index contributed by atoms with van der Waals surface area (Å²) in [5.41, 5.74) is 4.76. The van der Waals surface area contributed by atoms with Crippen LogP contribution in [0.4, 0.5) is 18.0 Å². The van der Waals surface area contributed by atoms with Gasteiger partial charge in [0.05, 0.1) is 17.7 Å². The monoisotopic (exact) mass is 909 g/mol. The first kappa shape index (κ1) is 45.6. The van der Waals surface area contributed by atoms with Gasteiger partial charge >= 0.3 is 6.09 Å². The molecule has 0 atom stereocenters. The Labute approximate surface area is 383 Å². The van der Waals surface area contributed by atoms with E-state index in [9.17, 15) is 27.6 Å². The van der Waals surface area contributed by atoms with E-state index in [0.717, 1.165) is 11.1 Å². The zero-order valence-corrected chi connectivity index (χ0v) is 37.1. The molecular weight excluding hydrogens is 864 g/mol. The highest BCUT2D eigenvalue weighted by Crippen LogP contribution is 2.39. The van der Waals surface area contributed by atoms with Crippen LogP contribution in [0, 0.1) is 17.5 Å². The van der Waals surface area contributed by atoms with Crippen LogP contribution in [-0.2, 0) is 17.8 Å². The zero-order chi connectivity index (χ0) is 47.2. The van der Waals surface area contributed by atoms with Crippen molar-refractivity contribution in [2.24, 2.45) is 0 Å². The summed E-state index contributed by atoms with van der Waals surface area (Å²) in [4.78, 5) is 38.8. The molecule has 0 unspecified atom stereocenters. The first-order chi connectivity index (χ1) is 32.3. The lowest BCUT2D eigenvalue weighted by atomic mass is 9.97. The number of ether oxygens (including phenoxy) is 3. The van der Waals surface area contributed by atoms with Gasteiger partial charge in [-0.25, -0.2) is 18.0 Å². The lowest BCUT2D eigenvalue weighted by Crippen LogP contribution is -2.36. The van der Waals surface area contributed by atoms with Crippen molar-refractivity contribution in [3.63, 3.8) is 0 Å². The molecule has 8 aromatic rings. The van der Waals surface area contributed by atoms with E-state index in [2.05, 4.69) is 16.0 Å². The normalized spacial score (nSPS) is 11.4. The molecule has 2 heterocycles. The largest absolute Gasteiger partial charge is 0.494 e. The molecule has 0 saturated heterocycles. The van der Waals surface area contributed by atoms with Gasteiger partial charge in [-0.15, -0.1) is 0 Å². The first-order valence-corrected chi connectivity index (χ1v) is 21.5. The number of furan rings is 2. The maximum atomic E-state index is 14.6. The summed E-state index contributed by atoms with van der Waals surface area (Å²) in [6.45, 7) is 4.33. The molecule has 0 aliphatic carbocycles. The molecule has 8 rings (SSSR count). The van der Waals surface area contributed by atoms with Crippen LogP contribution in [0.3, 0.4) is 0 Å². The zero-order valence-electron chi connectivity index (χ0n) is 37.1. The van der Waals surface area contributed by atoms with Crippen molar-refractivity contribution in [3.05, 3.63) is 167 Å². The van der Waals surface area contributed by atoms with Gasteiger partial charge in [-0.1, -0.05) is 30.3 Å². The van der Waals surface area contributed by atoms with Gasteiger partial charge in [0.25, 0.3) is 11.8 Å². The molecule has 14 heteroatoms. The lowest BCUT2D eigenvalue weighted by Gasteiger charge is -2.25.